The van der Waals surface area contributed by atoms with Gasteiger partial charge in [0.2, 0.25) is 0 Å². The number of carbonyl (C=O) groups is 1. The smallest absolute Gasteiger partial charge is 0.254 e. The summed E-state index contributed by atoms with van der Waals surface area (Å²) in [6.45, 7) is 2.54. The number of aliphatic hydroxyl groups excluding tert-OH is 1. The van der Waals surface area contributed by atoms with Gasteiger partial charge in [-0.25, -0.2) is 4.39 Å². The van der Waals surface area contributed by atoms with E-state index in [1.165, 1.54) is 12.1 Å². The van der Waals surface area contributed by atoms with Gasteiger partial charge in [-0.15, -0.1) is 0 Å². The number of benzene rings is 1. The van der Waals surface area contributed by atoms with E-state index in [-0.39, 0.29) is 25.3 Å². The minimum absolute atomic E-state index is 0.0344. The van der Waals surface area contributed by atoms with E-state index in [4.69, 9.17) is 9.84 Å². The first-order valence-electron chi connectivity index (χ1n) is 5.38. The zero-order chi connectivity index (χ0) is 12.7. The fourth-order valence-electron chi connectivity index (χ4n) is 1.31. The molecule has 0 aromatic heterocycles. The summed E-state index contributed by atoms with van der Waals surface area (Å²) in [4.78, 5) is 11.6. The van der Waals surface area contributed by atoms with Crippen molar-refractivity contribution in [3.8, 4) is 0 Å². The van der Waals surface area contributed by atoms with E-state index in [2.05, 4.69) is 5.32 Å². The Balaban J connectivity index is 2.44. The molecule has 1 aromatic carbocycles. The molecule has 0 bridgehead atoms. The van der Waals surface area contributed by atoms with Crippen LogP contribution in [0.15, 0.2) is 18.2 Å². The van der Waals surface area contributed by atoms with Crippen LogP contribution in [0.4, 0.5) is 4.39 Å². The number of halogens is 1. The molecule has 0 radical (unpaired) electrons. The second kappa shape index (κ2) is 6.98. The van der Waals surface area contributed by atoms with Gasteiger partial charge in [-0.1, -0.05) is 11.6 Å². The molecule has 0 fully saturated rings. The van der Waals surface area contributed by atoms with E-state index in [0.29, 0.717) is 6.61 Å². The van der Waals surface area contributed by atoms with Gasteiger partial charge in [0.05, 0.1) is 25.4 Å². The van der Waals surface area contributed by atoms with Crippen molar-refractivity contribution < 1.29 is 19.0 Å². The molecular formula is C12H16FNO3. The zero-order valence-electron chi connectivity index (χ0n) is 9.70. The average molecular weight is 241 g/mol. The van der Waals surface area contributed by atoms with Crippen LogP contribution < -0.4 is 5.32 Å². The van der Waals surface area contributed by atoms with Crippen molar-refractivity contribution in [1.29, 1.82) is 0 Å². The van der Waals surface area contributed by atoms with Crippen molar-refractivity contribution in [2.24, 2.45) is 0 Å². The van der Waals surface area contributed by atoms with E-state index in [1.807, 2.05) is 0 Å². The lowest BCUT2D eigenvalue weighted by Gasteiger charge is -2.07. The molecular weight excluding hydrogens is 225 g/mol. The van der Waals surface area contributed by atoms with Crippen LogP contribution in [0.3, 0.4) is 0 Å². The second-order valence-corrected chi connectivity index (χ2v) is 3.58. The number of hydrogen-bond donors (Lipinski definition) is 2. The molecule has 0 saturated carbocycles. The maximum Gasteiger partial charge on any atom is 0.254 e. The first kappa shape index (κ1) is 13.6. The van der Waals surface area contributed by atoms with Crippen LogP contribution in [0.2, 0.25) is 0 Å². The number of rotatable bonds is 6. The SMILES string of the molecule is Cc1ccc(F)c(C(=O)NCCOCCO)c1. The molecule has 0 saturated heterocycles. The molecule has 5 heteroatoms. The summed E-state index contributed by atoms with van der Waals surface area (Å²) in [5.74, 6) is -0.997. The number of amides is 1. The number of aryl methyl sites for hydroxylation is 1. The third-order valence-electron chi connectivity index (χ3n) is 2.13. The lowest BCUT2D eigenvalue weighted by molar-refractivity contribution is 0.0835. The van der Waals surface area contributed by atoms with Gasteiger partial charge in [-0.2, -0.15) is 0 Å². The van der Waals surface area contributed by atoms with E-state index in [0.717, 1.165) is 5.56 Å². The number of nitrogens with one attached hydrogen (secondary N) is 1. The van der Waals surface area contributed by atoms with Crippen molar-refractivity contribution in [3.05, 3.63) is 35.1 Å². The van der Waals surface area contributed by atoms with Crippen LogP contribution in [0.5, 0.6) is 0 Å². The second-order valence-electron chi connectivity index (χ2n) is 3.58. The summed E-state index contributed by atoms with van der Waals surface area (Å²) in [5.41, 5.74) is 0.861. The maximum absolute atomic E-state index is 13.3. The molecule has 1 amide bonds. The lowest BCUT2D eigenvalue weighted by Crippen LogP contribution is -2.28. The minimum atomic E-state index is -0.538. The summed E-state index contributed by atoms with van der Waals surface area (Å²) < 4.78 is 18.3. The summed E-state index contributed by atoms with van der Waals surface area (Å²) in [6.07, 6.45) is 0. The summed E-state index contributed by atoms with van der Waals surface area (Å²) >= 11 is 0. The number of carbonyl (C=O) groups excluding carboxylic acids is 1. The Kier molecular flexibility index (Phi) is 5.59. The van der Waals surface area contributed by atoms with Crippen molar-refractivity contribution in [2.75, 3.05) is 26.4 Å². The van der Waals surface area contributed by atoms with E-state index >= 15 is 0 Å². The Morgan fingerprint density at radius 2 is 2.24 bits per heavy atom. The first-order chi connectivity index (χ1) is 8.15. The van der Waals surface area contributed by atoms with E-state index < -0.39 is 11.7 Å². The fraction of sp³-hybridized carbons (Fsp3) is 0.417. The van der Waals surface area contributed by atoms with Gasteiger partial charge in [0, 0.05) is 6.54 Å². The quantitative estimate of drug-likeness (QED) is 0.727. The molecule has 0 unspecified atom stereocenters. The van der Waals surface area contributed by atoms with Crippen LogP contribution in [0.1, 0.15) is 15.9 Å². The number of aliphatic hydroxyl groups is 1. The highest BCUT2D eigenvalue weighted by molar-refractivity contribution is 5.94. The fourth-order valence-corrected chi connectivity index (χ4v) is 1.31. The topological polar surface area (TPSA) is 58.6 Å². The molecule has 1 aromatic rings. The van der Waals surface area contributed by atoms with Crippen molar-refractivity contribution in [2.45, 2.75) is 6.92 Å². The molecule has 0 atom stereocenters. The third-order valence-corrected chi connectivity index (χ3v) is 2.13. The Labute approximate surface area is 99.4 Å². The molecule has 2 N–H and O–H groups in total. The highest BCUT2D eigenvalue weighted by Gasteiger charge is 2.10. The molecule has 0 aliphatic heterocycles. The van der Waals surface area contributed by atoms with E-state index in [9.17, 15) is 9.18 Å². The number of hydrogen-bond acceptors (Lipinski definition) is 3. The Morgan fingerprint density at radius 3 is 2.94 bits per heavy atom. The average Bonchev–Trinajstić information content (AvgIpc) is 2.32. The lowest BCUT2D eigenvalue weighted by atomic mass is 10.1. The van der Waals surface area contributed by atoms with Gasteiger partial charge >= 0.3 is 0 Å². The summed E-state index contributed by atoms with van der Waals surface area (Å²) in [5, 5.41) is 11.0. The Hall–Kier alpha value is -1.46. The van der Waals surface area contributed by atoms with Gasteiger partial charge in [0.25, 0.3) is 5.91 Å². The molecule has 0 heterocycles. The van der Waals surface area contributed by atoms with Crippen molar-refractivity contribution >= 4 is 5.91 Å². The normalized spacial score (nSPS) is 10.3. The van der Waals surface area contributed by atoms with Crippen LogP contribution >= 0.6 is 0 Å². The van der Waals surface area contributed by atoms with Crippen LogP contribution in [-0.4, -0.2) is 37.4 Å². The molecule has 0 aliphatic rings. The van der Waals surface area contributed by atoms with Gasteiger partial charge in [0.15, 0.2) is 0 Å². The highest BCUT2D eigenvalue weighted by atomic mass is 19.1. The predicted octanol–water partition coefficient (Wildman–Crippen LogP) is 0.873. The maximum atomic E-state index is 13.3. The predicted molar refractivity (Wildman–Crippen MR) is 61.4 cm³/mol. The van der Waals surface area contributed by atoms with Crippen molar-refractivity contribution in [1.82, 2.24) is 5.32 Å². The van der Waals surface area contributed by atoms with Crippen molar-refractivity contribution in [3.63, 3.8) is 0 Å². The first-order valence-corrected chi connectivity index (χ1v) is 5.38. The molecule has 0 aliphatic carbocycles. The Bertz CT molecular complexity index is 382. The minimum Gasteiger partial charge on any atom is -0.394 e. The van der Waals surface area contributed by atoms with Crippen LogP contribution in [0.25, 0.3) is 0 Å². The van der Waals surface area contributed by atoms with E-state index in [1.54, 1.807) is 13.0 Å². The Morgan fingerprint density at radius 1 is 1.47 bits per heavy atom. The summed E-state index contributed by atoms with van der Waals surface area (Å²) in [7, 11) is 0. The monoisotopic (exact) mass is 241 g/mol. The molecule has 17 heavy (non-hydrogen) atoms. The molecule has 0 spiro atoms. The molecule has 4 nitrogen and oxygen atoms in total. The van der Waals surface area contributed by atoms with Crippen LogP contribution in [0, 0.1) is 12.7 Å². The van der Waals surface area contributed by atoms with Gasteiger partial charge in [-0.05, 0) is 19.1 Å². The molecule has 94 valence electrons. The largest absolute Gasteiger partial charge is 0.394 e. The third kappa shape index (κ3) is 4.50. The number of ether oxygens (including phenoxy) is 1. The molecule has 1 rings (SSSR count). The highest BCUT2D eigenvalue weighted by Crippen LogP contribution is 2.09. The zero-order valence-corrected chi connectivity index (χ0v) is 9.70. The van der Waals surface area contributed by atoms with Gasteiger partial charge in [-0.3, -0.25) is 4.79 Å². The van der Waals surface area contributed by atoms with Gasteiger partial charge < -0.3 is 15.2 Å². The van der Waals surface area contributed by atoms with Crippen LogP contribution in [-0.2, 0) is 4.74 Å². The van der Waals surface area contributed by atoms with Gasteiger partial charge in [0.1, 0.15) is 5.82 Å². The standard InChI is InChI=1S/C12H16FNO3/c1-9-2-3-11(13)10(8-9)12(16)14-4-6-17-7-5-15/h2-3,8,15H,4-7H2,1H3,(H,14,16). The summed E-state index contributed by atoms with van der Waals surface area (Å²) in [6, 6.07) is 4.38.